The smallest absolute Gasteiger partial charge is 0.0991 e. The van der Waals surface area contributed by atoms with Gasteiger partial charge in [0.2, 0.25) is 0 Å². The molecule has 86 valence electrons. The van der Waals surface area contributed by atoms with E-state index in [-0.39, 0.29) is 0 Å². The molecule has 3 nitrogen and oxygen atoms in total. The average Bonchev–Trinajstić information content (AvgIpc) is 2.34. The van der Waals surface area contributed by atoms with Crippen molar-refractivity contribution < 1.29 is 4.74 Å². The van der Waals surface area contributed by atoms with Crippen molar-refractivity contribution in [2.75, 3.05) is 13.7 Å². The van der Waals surface area contributed by atoms with Crippen LogP contribution in [0.2, 0.25) is 0 Å². The molecule has 1 rings (SSSR count). The van der Waals surface area contributed by atoms with E-state index in [0.29, 0.717) is 11.6 Å². The minimum absolute atomic E-state index is 0.422. The number of nitrogens with one attached hydrogen (secondary N) is 1. The van der Waals surface area contributed by atoms with Crippen molar-refractivity contribution in [1.29, 1.82) is 5.26 Å². The van der Waals surface area contributed by atoms with Gasteiger partial charge >= 0.3 is 0 Å². The molecular formula is C13H18N2O. The van der Waals surface area contributed by atoms with Gasteiger partial charge in [0.25, 0.3) is 0 Å². The molecule has 1 aromatic carbocycles. The molecule has 0 aromatic heterocycles. The van der Waals surface area contributed by atoms with E-state index in [2.05, 4.69) is 18.3 Å². The van der Waals surface area contributed by atoms with E-state index < -0.39 is 0 Å². The van der Waals surface area contributed by atoms with E-state index in [1.54, 1.807) is 7.11 Å². The van der Waals surface area contributed by atoms with Crippen LogP contribution in [0.5, 0.6) is 0 Å². The molecule has 0 heterocycles. The molecule has 0 fully saturated rings. The monoisotopic (exact) mass is 218 g/mol. The van der Waals surface area contributed by atoms with Gasteiger partial charge in [-0.1, -0.05) is 12.1 Å². The molecule has 1 unspecified atom stereocenters. The van der Waals surface area contributed by atoms with Gasteiger partial charge in [0.15, 0.2) is 0 Å². The predicted molar refractivity (Wildman–Crippen MR) is 64.0 cm³/mol. The lowest BCUT2D eigenvalue weighted by Crippen LogP contribution is -2.26. The molecule has 16 heavy (non-hydrogen) atoms. The molecule has 1 atom stereocenters. The first-order valence-corrected chi connectivity index (χ1v) is 5.47. The highest BCUT2D eigenvalue weighted by Crippen LogP contribution is 2.04. The van der Waals surface area contributed by atoms with E-state index in [4.69, 9.17) is 10.00 Å². The van der Waals surface area contributed by atoms with Crippen LogP contribution in [0.1, 0.15) is 24.5 Å². The Labute approximate surface area is 97.0 Å². The first-order valence-electron chi connectivity index (χ1n) is 5.47. The number of hydrogen-bond donors (Lipinski definition) is 1. The Hall–Kier alpha value is -1.37. The Morgan fingerprint density at radius 3 is 3.00 bits per heavy atom. The quantitative estimate of drug-likeness (QED) is 0.795. The molecule has 0 saturated carbocycles. The summed E-state index contributed by atoms with van der Waals surface area (Å²) in [6, 6.07) is 10.2. The molecule has 3 heteroatoms. The molecular weight excluding hydrogens is 200 g/mol. The number of benzene rings is 1. The lowest BCUT2D eigenvalue weighted by atomic mass is 10.1. The Morgan fingerprint density at radius 1 is 1.50 bits per heavy atom. The third-order valence-electron chi connectivity index (χ3n) is 2.47. The maximum absolute atomic E-state index is 8.77. The average molecular weight is 218 g/mol. The molecule has 0 saturated heterocycles. The number of rotatable bonds is 6. The van der Waals surface area contributed by atoms with Gasteiger partial charge in [-0.3, -0.25) is 0 Å². The van der Waals surface area contributed by atoms with Crippen LogP contribution in [0.3, 0.4) is 0 Å². The Balaban J connectivity index is 2.39. The number of nitriles is 1. The Morgan fingerprint density at radius 2 is 2.31 bits per heavy atom. The molecule has 0 aliphatic carbocycles. The zero-order chi connectivity index (χ0) is 11.8. The summed E-state index contributed by atoms with van der Waals surface area (Å²) in [5.74, 6) is 0. The minimum atomic E-state index is 0.422. The van der Waals surface area contributed by atoms with Crippen LogP contribution in [0.15, 0.2) is 24.3 Å². The third-order valence-corrected chi connectivity index (χ3v) is 2.47. The topological polar surface area (TPSA) is 45.0 Å². The molecule has 0 bridgehead atoms. The van der Waals surface area contributed by atoms with Gasteiger partial charge in [-0.25, -0.2) is 0 Å². The second-order valence-corrected chi connectivity index (χ2v) is 3.88. The Bertz CT molecular complexity index is 357. The van der Waals surface area contributed by atoms with Gasteiger partial charge in [0.1, 0.15) is 0 Å². The van der Waals surface area contributed by atoms with Crippen LogP contribution < -0.4 is 5.32 Å². The van der Waals surface area contributed by atoms with E-state index in [1.807, 2.05) is 24.3 Å². The molecule has 0 aliphatic heterocycles. The first-order chi connectivity index (χ1) is 7.76. The van der Waals surface area contributed by atoms with Gasteiger partial charge in [-0.15, -0.1) is 0 Å². The fourth-order valence-corrected chi connectivity index (χ4v) is 1.44. The Kier molecular flexibility index (Phi) is 5.55. The van der Waals surface area contributed by atoms with Crippen LogP contribution in [0.4, 0.5) is 0 Å². The van der Waals surface area contributed by atoms with Crippen LogP contribution in [0, 0.1) is 11.3 Å². The molecule has 0 radical (unpaired) electrons. The summed E-state index contributed by atoms with van der Waals surface area (Å²) in [4.78, 5) is 0. The SMILES string of the molecule is COCCC(C)NCc1cccc(C#N)c1. The highest BCUT2D eigenvalue weighted by Gasteiger charge is 2.01. The maximum atomic E-state index is 8.77. The normalized spacial score (nSPS) is 12.1. The van der Waals surface area contributed by atoms with Crippen molar-refractivity contribution in [1.82, 2.24) is 5.32 Å². The van der Waals surface area contributed by atoms with E-state index in [0.717, 1.165) is 25.1 Å². The second kappa shape index (κ2) is 7.00. The van der Waals surface area contributed by atoms with E-state index in [9.17, 15) is 0 Å². The number of ether oxygens (including phenoxy) is 1. The van der Waals surface area contributed by atoms with Gasteiger partial charge in [0, 0.05) is 26.3 Å². The van der Waals surface area contributed by atoms with Crippen LogP contribution >= 0.6 is 0 Å². The summed E-state index contributed by atoms with van der Waals surface area (Å²) in [5, 5.41) is 12.2. The summed E-state index contributed by atoms with van der Waals surface area (Å²) < 4.78 is 5.02. The van der Waals surface area contributed by atoms with Crippen LogP contribution in [-0.4, -0.2) is 19.8 Å². The van der Waals surface area contributed by atoms with E-state index in [1.165, 1.54) is 0 Å². The highest BCUT2D eigenvalue weighted by atomic mass is 16.5. The van der Waals surface area contributed by atoms with Crippen LogP contribution in [0.25, 0.3) is 0 Å². The van der Waals surface area contributed by atoms with Gasteiger partial charge in [-0.2, -0.15) is 5.26 Å². The highest BCUT2D eigenvalue weighted by molar-refractivity contribution is 5.32. The van der Waals surface area contributed by atoms with Crippen molar-refractivity contribution >= 4 is 0 Å². The fraction of sp³-hybridized carbons (Fsp3) is 0.462. The maximum Gasteiger partial charge on any atom is 0.0991 e. The van der Waals surface area contributed by atoms with Crippen LogP contribution in [-0.2, 0) is 11.3 Å². The third kappa shape index (κ3) is 4.43. The van der Waals surface area contributed by atoms with Crippen molar-refractivity contribution in [3.63, 3.8) is 0 Å². The molecule has 0 amide bonds. The lowest BCUT2D eigenvalue weighted by molar-refractivity contribution is 0.184. The molecule has 0 spiro atoms. The first kappa shape index (κ1) is 12.7. The van der Waals surface area contributed by atoms with Gasteiger partial charge in [-0.05, 0) is 31.0 Å². The number of nitrogens with zero attached hydrogens (tertiary/aromatic N) is 1. The van der Waals surface area contributed by atoms with E-state index >= 15 is 0 Å². The summed E-state index contributed by atoms with van der Waals surface area (Å²) >= 11 is 0. The number of hydrogen-bond acceptors (Lipinski definition) is 3. The van der Waals surface area contributed by atoms with Crippen molar-refractivity contribution in [3.05, 3.63) is 35.4 Å². The summed E-state index contributed by atoms with van der Waals surface area (Å²) in [5.41, 5.74) is 1.85. The largest absolute Gasteiger partial charge is 0.385 e. The fourth-order valence-electron chi connectivity index (χ4n) is 1.44. The molecule has 1 aromatic rings. The second-order valence-electron chi connectivity index (χ2n) is 3.88. The van der Waals surface area contributed by atoms with Gasteiger partial charge in [0.05, 0.1) is 11.6 Å². The summed E-state index contributed by atoms with van der Waals surface area (Å²) in [6.07, 6.45) is 0.994. The molecule has 1 N–H and O–H groups in total. The minimum Gasteiger partial charge on any atom is -0.385 e. The van der Waals surface area contributed by atoms with Gasteiger partial charge < -0.3 is 10.1 Å². The van der Waals surface area contributed by atoms with Crippen molar-refractivity contribution in [2.24, 2.45) is 0 Å². The van der Waals surface area contributed by atoms with Crippen molar-refractivity contribution in [3.8, 4) is 6.07 Å². The number of methoxy groups -OCH3 is 1. The zero-order valence-electron chi connectivity index (χ0n) is 9.86. The predicted octanol–water partition coefficient (Wildman–Crippen LogP) is 2.07. The lowest BCUT2D eigenvalue weighted by Gasteiger charge is -2.13. The standard InChI is InChI=1S/C13H18N2O/c1-11(6-7-16-2)15-10-13-5-3-4-12(8-13)9-14/h3-5,8,11,15H,6-7,10H2,1-2H3. The molecule has 0 aliphatic rings. The zero-order valence-corrected chi connectivity index (χ0v) is 9.86. The van der Waals surface area contributed by atoms with Crippen molar-refractivity contribution in [2.45, 2.75) is 25.9 Å². The summed E-state index contributed by atoms with van der Waals surface area (Å²) in [7, 11) is 1.71. The summed E-state index contributed by atoms with van der Waals surface area (Å²) in [6.45, 7) is 3.69.